The maximum atomic E-state index is 13.6. The van der Waals surface area contributed by atoms with Gasteiger partial charge in [0.2, 0.25) is 0 Å². The van der Waals surface area contributed by atoms with Gasteiger partial charge in [-0.1, -0.05) is 30.3 Å². The average Bonchev–Trinajstić information content (AvgIpc) is 3.38. The van der Waals surface area contributed by atoms with Crippen molar-refractivity contribution in [1.29, 1.82) is 0 Å². The van der Waals surface area contributed by atoms with Gasteiger partial charge in [-0.25, -0.2) is 13.4 Å². The molecular formula is C21H22N2O4S2. The molecule has 1 amide bonds. The van der Waals surface area contributed by atoms with Crippen LogP contribution < -0.4 is 0 Å². The van der Waals surface area contributed by atoms with Crippen LogP contribution in [0.1, 0.15) is 33.4 Å². The summed E-state index contributed by atoms with van der Waals surface area (Å²) in [4.78, 5) is 20.5. The van der Waals surface area contributed by atoms with E-state index in [1.54, 1.807) is 4.90 Å². The van der Waals surface area contributed by atoms with Gasteiger partial charge >= 0.3 is 0 Å². The predicted octanol–water partition coefficient (Wildman–Crippen LogP) is 3.85. The molecular weight excluding hydrogens is 408 g/mol. The molecule has 8 heteroatoms. The van der Waals surface area contributed by atoms with E-state index in [4.69, 9.17) is 4.42 Å². The SMILES string of the molecule is Cc1ccc(CN(C(=O)c2nc(C)sc2-c2ccccc2)C2CCS(=O)(=O)C2)o1. The Bertz CT molecular complexity index is 1130. The molecule has 0 aliphatic carbocycles. The summed E-state index contributed by atoms with van der Waals surface area (Å²) in [5.74, 6) is 1.20. The summed E-state index contributed by atoms with van der Waals surface area (Å²) >= 11 is 1.47. The molecule has 152 valence electrons. The molecule has 0 N–H and O–H groups in total. The Labute approximate surface area is 174 Å². The Morgan fingerprint density at radius 2 is 1.97 bits per heavy atom. The number of benzene rings is 1. The molecule has 1 aromatic carbocycles. The van der Waals surface area contributed by atoms with Crippen LogP contribution >= 0.6 is 11.3 Å². The summed E-state index contributed by atoms with van der Waals surface area (Å²) < 4.78 is 29.8. The van der Waals surface area contributed by atoms with Crippen LogP contribution in [0.4, 0.5) is 0 Å². The van der Waals surface area contributed by atoms with Gasteiger partial charge in [-0.2, -0.15) is 0 Å². The van der Waals surface area contributed by atoms with Gasteiger partial charge in [0.1, 0.15) is 17.2 Å². The van der Waals surface area contributed by atoms with Crippen molar-refractivity contribution in [1.82, 2.24) is 9.88 Å². The number of carbonyl (C=O) groups is 1. The lowest BCUT2D eigenvalue weighted by Crippen LogP contribution is -2.41. The Balaban J connectivity index is 1.72. The largest absolute Gasteiger partial charge is 0.464 e. The zero-order chi connectivity index (χ0) is 20.6. The molecule has 29 heavy (non-hydrogen) atoms. The summed E-state index contributed by atoms with van der Waals surface area (Å²) in [6.45, 7) is 3.93. The van der Waals surface area contributed by atoms with Crippen molar-refractivity contribution in [2.75, 3.05) is 11.5 Å². The minimum Gasteiger partial charge on any atom is -0.464 e. The van der Waals surface area contributed by atoms with Crippen molar-refractivity contribution in [3.05, 3.63) is 64.7 Å². The smallest absolute Gasteiger partial charge is 0.274 e. The Hall–Kier alpha value is -2.45. The van der Waals surface area contributed by atoms with Crippen molar-refractivity contribution in [2.45, 2.75) is 32.9 Å². The van der Waals surface area contributed by atoms with E-state index in [0.717, 1.165) is 21.2 Å². The molecule has 3 heterocycles. The fourth-order valence-electron chi connectivity index (χ4n) is 3.62. The number of furan rings is 1. The van der Waals surface area contributed by atoms with E-state index in [1.165, 1.54) is 11.3 Å². The van der Waals surface area contributed by atoms with E-state index >= 15 is 0 Å². The number of amides is 1. The number of carbonyl (C=O) groups excluding carboxylic acids is 1. The summed E-state index contributed by atoms with van der Waals surface area (Å²) in [5.41, 5.74) is 1.29. The van der Waals surface area contributed by atoms with E-state index < -0.39 is 9.84 Å². The van der Waals surface area contributed by atoms with Gasteiger partial charge in [-0.3, -0.25) is 4.79 Å². The van der Waals surface area contributed by atoms with Crippen LogP contribution in [-0.4, -0.2) is 41.8 Å². The Morgan fingerprint density at radius 1 is 1.21 bits per heavy atom. The van der Waals surface area contributed by atoms with Crippen LogP contribution in [0.15, 0.2) is 46.9 Å². The molecule has 1 aliphatic rings. The van der Waals surface area contributed by atoms with Crippen LogP contribution in [0, 0.1) is 13.8 Å². The predicted molar refractivity (Wildman–Crippen MR) is 113 cm³/mol. The summed E-state index contributed by atoms with van der Waals surface area (Å²) in [5, 5.41) is 0.792. The minimum atomic E-state index is -3.14. The van der Waals surface area contributed by atoms with Crippen molar-refractivity contribution < 1.29 is 17.6 Å². The van der Waals surface area contributed by atoms with Gasteiger partial charge in [0, 0.05) is 6.04 Å². The zero-order valence-electron chi connectivity index (χ0n) is 16.3. The third-order valence-corrected chi connectivity index (χ3v) is 7.78. The molecule has 0 bridgehead atoms. The number of hydrogen-bond acceptors (Lipinski definition) is 6. The molecule has 1 unspecified atom stereocenters. The molecule has 1 fully saturated rings. The molecule has 3 aromatic rings. The number of sulfone groups is 1. The lowest BCUT2D eigenvalue weighted by Gasteiger charge is -2.27. The van der Waals surface area contributed by atoms with Crippen LogP contribution in [0.2, 0.25) is 0 Å². The van der Waals surface area contributed by atoms with Gasteiger partial charge < -0.3 is 9.32 Å². The van der Waals surface area contributed by atoms with Gasteiger partial charge in [-0.05, 0) is 38.0 Å². The first-order chi connectivity index (χ1) is 13.8. The highest BCUT2D eigenvalue weighted by molar-refractivity contribution is 7.91. The van der Waals surface area contributed by atoms with Gasteiger partial charge in [0.05, 0.1) is 27.9 Å². The van der Waals surface area contributed by atoms with Crippen molar-refractivity contribution in [3.8, 4) is 10.4 Å². The van der Waals surface area contributed by atoms with E-state index in [2.05, 4.69) is 4.98 Å². The lowest BCUT2D eigenvalue weighted by molar-refractivity contribution is 0.0661. The first-order valence-electron chi connectivity index (χ1n) is 9.42. The molecule has 1 saturated heterocycles. The number of aryl methyl sites for hydroxylation is 2. The van der Waals surface area contributed by atoms with Crippen molar-refractivity contribution >= 4 is 27.1 Å². The first kappa shape index (κ1) is 19.8. The maximum Gasteiger partial charge on any atom is 0.274 e. The van der Waals surface area contributed by atoms with Gasteiger partial charge in [-0.15, -0.1) is 11.3 Å². The minimum absolute atomic E-state index is 0.0256. The standard InChI is InChI=1S/C21H22N2O4S2/c1-14-8-9-18(27-14)12-23(17-10-11-29(25,26)13-17)21(24)19-20(28-15(2)22-19)16-6-4-3-5-7-16/h3-9,17H,10-13H2,1-2H3. The van der Waals surface area contributed by atoms with Crippen LogP contribution in [0.5, 0.6) is 0 Å². The van der Waals surface area contributed by atoms with E-state index in [1.807, 2.05) is 56.3 Å². The normalized spacial score (nSPS) is 18.1. The van der Waals surface area contributed by atoms with Crippen molar-refractivity contribution in [2.24, 2.45) is 0 Å². The monoisotopic (exact) mass is 430 g/mol. The second-order valence-corrected chi connectivity index (χ2v) is 10.7. The number of hydrogen-bond donors (Lipinski definition) is 0. The highest BCUT2D eigenvalue weighted by Gasteiger charge is 2.37. The van der Waals surface area contributed by atoms with E-state index in [9.17, 15) is 13.2 Å². The second-order valence-electron chi connectivity index (χ2n) is 7.28. The zero-order valence-corrected chi connectivity index (χ0v) is 17.9. The third-order valence-electron chi connectivity index (χ3n) is 5.00. The number of rotatable bonds is 5. The van der Waals surface area contributed by atoms with Crippen LogP contribution in [0.25, 0.3) is 10.4 Å². The number of nitrogens with zero attached hydrogens (tertiary/aromatic N) is 2. The number of thiazole rings is 1. The average molecular weight is 431 g/mol. The fourth-order valence-corrected chi connectivity index (χ4v) is 6.27. The van der Waals surface area contributed by atoms with E-state index in [0.29, 0.717) is 17.9 Å². The Morgan fingerprint density at radius 3 is 2.59 bits per heavy atom. The highest BCUT2D eigenvalue weighted by atomic mass is 32.2. The molecule has 1 aliphatic heterocycles. The highest BCUT2D eigenvalue weighted by Crippen LogP contribution is 2.32. The topological polar surface area (TPSA) is 80.5 Å². The van der Waals surface area contributed by atoms with Crippen LogP contribution in [-0.2, 0) is 16.4 Å². The second kappa shape index (κ2) is 7.76. The molecule has 0 spiro atoms. The maximum absolute atomic E-state index is 13.6. The lowest BCUT2D eigenvalue weighted by atomic mass is 10.1. The first-order valence-corrected chi connectivity index (χ1v) is 12.1. The quantitative estimate of drug-likeness (QED) is 0.614. The van der Waals surface area contributed by atoms with Crippen LogP contribution in [0.3, 0.4) is 0 Å². The Kier molecular flexibility index (Phi) is 5.31. The van der Waals surface area contributed by atoms with Gasteiger partial charge in [0.15, 0.2) is 9.84 Å². The molecule has 2 aromatic heterocycles. The third kappa shape index (κ3) is 4.28. The summed E-state index contributed by atoms with van der Waals surface area (Å²) in [7, 11) is -3.14. The molecule has 4 rings (SSSR count). The van der Waals surface area contributed by atoms with Crippen molar-refractivity contribution in [3.63, 3.8) is 0 Å². The molecule has 1 atom stereocenters. The van der Waals surface area contributed by atoms with E-state index in [-0.39, 0.29) is 30.0 Å². The number of aromatic nitrogens is 1. The fraction of sp³-hybridized carbons (Fsp3) is 0.333. The molecule has 6 nitrogen and oxygen atoms in total. The molecule has 0 saturated carbocycles. The van der Waals surface area contributed by atoms with Gasteiger partial charge in [0.25, 0.3) is 5.91 Å². The summed E-state index contributed by atoms with van der Waals surface area (Å²) in [6.07, 6.45) is 0.428. The summed E-state index contributed by atoms with van der Waals surface area (Å²) in [6, 6.07) is 12.9. The molecule has 0 radical (unpaired) electrons.